The second-order valence-corrected chi connectivity index (χ2v) is 8.39. The van der Waals surface area contributed by atoms with Gasteiger partial charge in [-0.2, -0.15) is 0 Å². The van der Waals surface area contributed by atoms with Crippen molar-refractivity contribution in [3.63, 3.8) is 0 Å². The molecule has 0 aliphatic carbocycles. The fourth-order valence-electron chi connectivity index (χ4n) is 3.12. The van der Waals surface area contributed by atoms with Crippen molar-refractivity contribution in [2.45, 2.75) is 33.1 Å². The number of hydrogen-bond acceptors (Lipinski definition) is 3. The number of carboxylic acids is 1. The van der Waals surface area contributed by atoms with E-state index in [-0.39, 0.29) is 0 Å². The smallest absolute Gasteiger partial charge is 0.309 e. The van der Waals surface area contributed by atoms with Crippen molar-refractivity contribution in [1.82, 2.24) is 4.98 Å². The molecule has 1 N–H and O–H groups in total. The summed E-state index contributed by atoms with van der Waals surface area (Å²) in [7, 11) is 0. The van der Waals surface area contributed by atoms with Gasteiger partial charge in [0.1, 0.15) is 0 Å². The minimum Gasteiger partial charge on any atom is -0.481 e. The maximum atomic E-state index is 11.2. The number of carbonyl (C=O) groups is 1. The summed E-state index contributed by atoms with van der Waals surface area (Å²) < 4.78 is 5.94. The number of aliphatic carboxylic acids is 1. The highest BCUT2D eigenvalue weighted by Crippen LogP contribution is 2.30. The SMILES string of the molecule is CC(C)(CCCCOc1cc(-c2cccc(Cl)c2)cc(-c2ccccc2)n1)C(=O)O. The van der Waals surface area contributed by atoms with E-state index in [0.717, 1.165) is 35.2 Å². The molecule has 0 amide bonds. The lowest BCUT2D eigenvalue weighted by Crippen LogP contribution is -2.23. The van der Waals surface area contributed by atoms with Gasteiger partial charge in [0.05, 0.1) is 17.7 Å². The highest BCUT2D eigenvalue weighted by molar-refractivity contribution is 6.30. The number of rotatable bonds is 9. The van der Waals surface area contributed by atoms with Crippen LogP contribution in [0.5, 0.6) is 5.88 Å². The van der Waals surface area contributed by atoms with Crippen LogP contribution in [-0.2, 0) is 4.79 Å². The molecule has 5 heteroatoms. The zero-order valence-electron chi connectivity index (χ0n) is 17.3. The van der Waals surface area contributed by atoms with Gasteiger partial charge in [0.25, 0.3) is 0 Å². The highest BCUT2D eigenvalue weighted by Gasteiger charge is 2.26. The third-order valence-corrected chi connectivity index (χ3v) is 5.29. The van der Waals surface area contributed by atoms with Crippen molar-refractivity contribution < 1.29 is 14.6 Å². The number of benzene rings is 2. The van der Waals surface area contributed by atoms with E-state index in [1.807, 2.05) is 66.7 Å². The van der Waals surface area contributed by atoms with Gasteiger partial charge < -0.3 is 9.84 Å². The lowest BCUT2D eigenvalue weighted by Gasteiger charge is -2.18. The molecule has 0 saturated carbocycles. The van der Waals surface area contributed by atoms with Crippen LogP contribution in [-0.4, -0.2) is 22.7 Å². The standard InChI is InChI=1S/C25H26ClNO3/c1-25(2,24(28)29)13-6-7-14-30-23-17-20(19-11-8-12-21(26)15-19)16-22(27-23)18-9-4-3-5-10-18/h3-5,8-12,15-17H,6-7,13-14H2,1-2H3,(H,28,29). The summed E-state index contributed by atoms with van der Waals surface area (Å²) in [6.07, 6.45) is 2.15. The molecular formula is C25H26ClNO3. The van der Waals surface area contributed by atoms with Crippen LogP contribution < -0.4 is 4.74 Å². The first-order chi connectivity index (χ1) is 14.3. The average molecular weight is 424 g/mol. The molecule has 0 spiro atoms. The molecule has 0 fully saturated rings. The van der Waals surface area contributed by atoms with Crippen LogP contribution in [0.1, 0.15) is 33.1 Å². The van der Waals surface area contributed by atoms with Gasteiger partial charge in [0, 0.05) is 16.7 Å². The van der Waals surface area contributed by atoms with Gasteiger partial charge in [0.2, 0.25) is 5.88 Å². The summed E-state index contributed by atoms with van der Waals surface area (Å²) in [6.45, 7) is 3.98. The monoisotopic (exact) mass is 423 g/mol. The van der Waals surface area contributed by atoms with E-state index >= 15 is 0 Å². The third-order valence-electron chi connectivity index (χ3n) is 5.05. The molecule has 1 heterocycles. The van der Waals surface area contributed by atoms with Crippen LogP contribution in [0.15, 0.2) is 66.7 Å². The first-order valence-corrected chi connectivity index (χ1v) is 10.4. The third kappa shape index (κ3) is 5.83. The van der Waals surface area contributed by atoms with E-state index in [2.05, 4.69) is 4.98 Å². The first-order valence-electron chi connectivity index (χ1n) is 10.0. The Morgan fingerprint density at radius 2 is 1.70 bits per heavy atom. The zero-order chi connectivity index (χ0) is 21.6. The van der Waals surface area contributed by atoms with Gasteiger partial charge >= 0.3 is 5.97 Å². The predicted octanol–water partition coefficient (Wildman–Crippen LogP) is 6.73. The molecular weight excluding hydrogens is 398 g/mol. The first kappa shape index (κ1) is 21.8. The Hall–Kier alpha value is -2.85. The molecule has 0 aliphatic heterocycles. The largest absolute Gasteiger partial charge is 0.481 e. The summed E-state index contributed by atoms with van der Waals surface area (Å²) in [5.74, 6) is -0.226. The Morgan fingerprint density at radius 1 is 0.967 bits per heavy atom. The Morgan fingerprint density at radius 3 is 2.40 bits per heavy atom. The molecule has 0 radical (unpaired) electrons. The van der Waals surface area contributed by atoms with E-state index in [4.69, 9.17) is 16.3 Å². The second kappa shape index (κ2) is 9.77. The average Bonchev–Trinajstić information content (AvgIpc) is 2.74. The molecule has 4 nitrogen and oxygen atoms in total. The lowest BCUT2D eigenvalue weighted by molar-refractivity contribution is -0.147. The maximum Gasteiger partial charge on any atom is 0.309 e. The molecule has 156 valence electrons. The van der Waals surface area contributed by atoms with E-state index in [9.17, 15) is 9.90 Å². The minimum atomic E-state index is -0.771. The number of pyridine rings is 1. The summed E-state index contributed by atoms with van der Waals surface area (Å²) >= 11 is 6.18. The number of aromatic nitrogens is 1. The van der Waals surface area contributed by atoms with Crippen LogP contribution in [0.2, 0.25) is 5.02 Å². The lowest BCUT2D eigenvalue weighted by atomic mass is 9.87. The zero-order valence-corrected chi connectivity index (χ0v) is 18.0. The Labute approximate surface area is 182 Å². The van der Waals surface area contributed by atoms with Gasteiger partial charge in [-0.3, -0.25) is 4.79 Å². The van der Waals surface area contributed by atoms with Crippen molar-refractivity contribution in [1.29, 1.82) is 0 Å². The van der Waals surface area contributed by atoms with Crippen LogP contribution >= 0.6 is 11.6 Å². The van der Waals surface area contributed by atoms with Crippen LogP contribution in [0, 0.1) is 5.41 Å². The fraction of sp³-hybridized carbons (Fsp3) is 0.280. The predicted molar refractivity (Wildman–Crippen MR) is 121 cm³/mol. The van der Waals surface area contributed by atoms with Gasteiger partial charge in [-0.15, -0.1) is 0 Å². The van der Waals surface area contributed by atoms with Crippen molar-refractivity contribution >= 4 is 17.6 Å². The molecule has 3 aromatic rings. The van der Waals surface area contributed by atoms with Gasteiger partial charge in [-0.05, 0) is 62.4 Å². The second-order valence-electron chi connectivity index (χ2n) is 7.95. The molecule has 0 atom stereocenters. The van der Waals surface area contributed by atoms with E-state index in [0.29, 0.717) is 23.9 Å². The van der Waals surface area contributed by atoms with E-state index < -0.39 is 11.4 Å². The van der Waals surface area contributed by atoms with Crippen molar-refractivity contribution in [3.8, 4) is 28.3 Å². The molecule has 2 aromatic carbocycles. The molecule has 0 unspecified atom stereocenters. The minimum absolute atomic E-state index is 0.482. The normalized spacial score (nSPS) is 11.3. The Bertz CT molecular complexity index is 1000. The van der Waals surface area contributed by atoms with Crippen LogP contribution in [0.4, 0.5) is 0 Å². The number of hydrogen-bond donors (Lipinski definition) is 1. The van der Waals surface area contributed by atoms with Gasteiger partial charge in [-0.1, -0.05) is 54.1 Å². The molecule has 0 bridgehead atoms. The molecule has 0 aliphatic rings. The molecule has 30 heavy (non-hydrogen) atoms. The fourth-order valence-corrected chi connectivity index (χ4v) is 3.31. The van der Waals surface area contributed by atoms with Gasteiger partial charge in [-0.25, -0.2) is 4.98 Å². The quantitative estimate of drug-likeness (QED) is 0.387. The maximum absolute atomic E-state index is 11.2. The number of ether oxygens (including phenoxy) is 1. The van der Waals surface area contributed by atoms with Crippen molar-refractivity contribution in [2.75, 3.05) is 6.61 Å². The molecule has 3 rings (SSSR count). The molecule has 1 aromatic heterocycles. The number of halogens is 1. The van der Waals surface area contributed by atoms with E-state index in [1.165, 1.54) is 0 Å². The summed E-state index contributed by atoms with van der Waals surface area (Å²) in [5.41, 5.74) is 3.10. The highest BCUT2D eigenvalue weighted by atomic mass is 35.5. The van der Waals surface area contributed by atoms with Crippen LogP contribution in [0.25, 0.3) is 22.4 Å². The number of carboxylic acid groups (broad SMARTS) is 1. The summed E-state index contributed by atoms with van der Waals surface area (Å²) in [4.78, 5) is 15.9. The van der Waals surface area contributed by atoms with Crippen molar-refractivity contribution in [3.05, 3.63) is 71.8 Å². The Kier molecular flexibility index (Phi) is 7.11. The Balaban J connectivity index is 1.76. The number of unbranched alkanes of at least 4 members (excludes halogenated alkanes) is 1. The topological polar surface area (TPSA) is 59.4 Å². The van der Waals surface area contributed by atoms with Crippen molar-refractivity contribution in [2.24, 2.45) is 5.41 Å². The summed E-state index contributed by atoms with van der Waals surface area (Å²) in [6, 6.07) is 21.6. The van der Waals surface area contributed by atoms with Gasteiger partial charge in [0.15, 0.2) is 0 Å². The van der Waals surface area contributed by atoms with Crippen LogP contribution in [0.3, 0.4) is 0 Å². The summed E-state index contributed by atoms with van der Waals surface area (Å²) in [5, 5.41) is 9.90. The number of nitrogens with zero attached hydrogens (tertiary/aromatic N) is 1. The molecule has 0 saturated heterocycles. The van der Waals surface area contributed by atoms with E-state index in [1.54, 1.807) is 13.8 Å².